The van der Waals surface area contributed by atoms with Gasteiger partial charge in [0.1, 0.15) is 5.69 Å². The second kappa shape index (κ2) is 5.44. The topological polar surface area (TPSA) is 102 Å². The Morgan fingerprint density at radius 3 is 2.74 bits per heavy atom. The quantitative estimate of drug-likeness (QED) is 0.582. The number of carbonyl (C=O) groups excluding carboxylic acids is 1. The van der Waals surface area contributed by atoms with Gasteiger partial charge in [0.15, 0.2) is 5.82 Å². The monoisotopic (exact) mass is 261 g/mol. The summed E-state index contributed by atoms with van der Waals surface area (Å²) in [5.74, 6) is 5.38. The van der Waals surface area contributed by atoms with Crippen molar-refractivity contribution in [3.8, 4) is 0 Å². The van der Waals surface area contributed by atoms with Crippen molar-refractivity contribution in [1.82, 2.24) is 24.6 Å². The number of amides is 1. The molecule has 0 aliphatic heterocycles. The minimum atomic E-state index is -0.208. The van der Waals surface area contributed by atoms with Crippen LogP contribution in [0.3, 0.4) is 0 Å². The third-order valence-corrected chi connectivity index (χ3v) is 2.54. The van der Waals surface area contributed by atoms with Crippen LogP contribution in [0.15, 0.2) is 24.8 Å². The molecule has 2 aromatic heterocycles. The van der Waals surface area contributed by atoms with E-state index < -0.39 is 0 Å². The molecule has 0 radical (unpaired) electrons. The van der Waals surface area contributed by atoms with Gasteiger partial charge in [0.2, 0.25) is 0 Å². The van der Waals surface area contributed by atoms with Gasteiger partial charge >= 0.3 is 0 Å². The molecule has 0 fully saturated rings. The van der Waals surface area contributed by atoms with E-state index in [1.54, 1.807) is 22.8 Å². The van der Waals surface area contributed by atoms with Crippen LogP contribution >= 0.6 is 0 Å². The Balaban J connectivity index is 2.05. The molecule has 100 valence electrons. The molecule has 1 amide bonds. The van der Waals surface area contributed by atoms with Crippen LogP contribution in [-0.4, -0.2) is 37.6 Å². The number of anilines is 1. The summed E-state index contributed by atoms with van der Waals surface area (Å²) in [4.78, 5) is 21.6. The first-order valence-electron chi connectivity index (χ1n) is 5.62. The molecule has 0 saturated carbocycles. The number of hydrazine groups is 1. The number of aromatic nitrogens is 4. The Labute approximate surface area is 110 Å². The van der Waals surface area contributed by atoms with Crippen molar-refractivity contribution >= 4 is 11.7 Å². The van der Waals surface area contributed by atoms with Gasteiger partial charge in [0.25, 0.3) is 5.91 Å². The first-order valence-corrected chi connectivity index (χ1v) is 5.62. The van der Waals surface area contributed by atoms with Crippen LogP contribution in [0.1, 0.15) is 16.1 Å². The molecular weight excluding hydrogens is 246 g/mol. The van der Waals surface area contributed by atoms with Gasteiger partial charge in [-0.1, -0.05) is 0 Å². The summed E-state index contributed by atoms with van der Waals surface area (Å²) in [6.07, 6.45) is 6.37. The first kappa shape index (κ1) is 13.0. The Morgan fingerprint density at radius 1 is 1.42 bits per heavy atom. The van der Waals surface area contributed by atoms with E-state index in [0.29, 0.717) is 12.4 Å². The van der Waals surface area contributed by atoms with E-state index in [-0.39, 0.29) is 11.6 Å². The predicted octanol–water partition coefficient (Wildman–Crippen LogP) is -0.232. The summed E-state index contributed by atoms with van der Waals surface area (Å²) in [5.41, 5.74) is 3.57. The molecule has 0 aliphatic carbocycles. The van der Waals surface area contributed by atoms with Gasteiger partial charge < -0.3 is 10.3 Å². The highest BCUT2D eigenvalue weighted by molar-refractivity contribution is 5.91. The molecule has 8 heteroatoms. The summed E-state index contributed by atoms with van der Waals surface area (Å²) >= 11 is 0. The molecule has 0 unspecified atom stereocenters. The number of nitrogens with one attached hydrogen (secondary N) is 1. The van der Waals surface area contributed by atoms with Crippen LogP contribution in [0.5, 0.6) is 0 Å². The van der Waals surface area contributed by atoms with Gasteiger partial charge in [0.05, 0.1) is 18.6 Å². The molecular formula is C11H15N7O. The Hall–Kier alpha value is -2.48. The number of carbonyl (C=O) groups is 1. The zero-order chi connectivity index (χ0) is 13.8. The maximum absolute atomic E-state index is 12.1. The van der Waals surface area contributed by atoms with E-state index in [2.05, 4.69) is 20.5 Å². The maximum Gasteiger partial charge on any atom is 0.274 e. The Bertz CT molecular complexity index is 563. The van der Waals surface area contributed by atoms with E-state index in [0.717, 1.165) is 5.56 Å². The fourth-order valence-electron chi connectivity index (χ4n) is 1.61. The van der Waals surface area contributed by atoms with Crippen LogP contribution in [0.4, 0.5) is 5.82 Å². The zero-order valence-electron chi connectivity index (χ0n) is 10.7. The average Bonchev–Trinajstić information content (AvgIpc) is 2.83. The molecule has 3 N–H and O–H groups in total. The molecule has 0 aromatic carbocycles. The lowest BCUT2D eigenvalue weighted by atomic mass is 10.3. The lowest BCUT2D eigenvalue weighted by Crippen LogP contribution is -2.27. The lowest BCUT2D eigenvalue weighted by molar-refractivity contribution is 0.0779. The fourth-order valence-corrected chi connectivity index (χ4v) is 1.61. The predicted molar refractivity (Wildman–Crippen MR) is 68.8 cm³/mol. The summed E-state index contributed by atoms with van der Waals surface area (Å²) in [5, 5.41) is 4.05. The van der Waals surface area contributed by atoms with Gasteiger partial charge in [0, 0.05) is 32.4 Å². The third-order valence-electron chi connectivity index (χ3n) is 2.54. The number of nitrogens with two attached hydrogens (primary N) is 1. The number of nitrogen functional groups attached to an aromatic ring is 1. The van der Waals surface area contributed by atoms with E-state index in [4.69, 9.17) is 5.84 Å². The van der Waals surface area contributed by atoms with Crippen molar-refractivity contribution in [2.45, 2.75) is 6.54 Å². The molecule has 0 aliphatic rings. The van der Waals surface area contributed by atoms with Gasteiger partial charge in [-0.25, -0.2) is 15.8 Å². The number of hydrogen-bond acceptors (Lipinski definition) is 6. The minimum absolute atomic E-state index is 0.208. The van der Waals surface area contributed by atoms with Crippen molar-refractivity contribution in [3.05, 3.63) is 36.0 Å². The van der Waals surface area contributed by atoms with Crippen molar-refractivity contribution in [2.24, 2.45) is 12.9 Å². The van der Waals surface area contributed by atoms with Gasteiger partial charge in [-0.05, 0) is 0 Å². The normalized spacial score (nSPS) is 10.3. The number of nitrogens with zero attached hydrogens (tertiary/aromatic N) is 5. The molecule has 0 bridgehead atoms. The highest BCUT2D eigenvalue weighted by Crippen LogP contribution is 2.06. The highest BCUT2D eigenvalue weighted by Gasteiger charge is 2.14. The van der Waals surface area contributed by atoms with Crippen molar-refractivity contribution in [3.63, 3.8) is 0 Å². The van der Waals surface area contributed by atoms with Crippen molar-refractivity contribution in [2.75, 3.05) is 12.5 Å². The minimum Gasteiger partial charge on any atom is -0.336 e. The van der Waals surface area contributed by atoms with Crippen LogP contribution in [0.2, 0.25) is 0 Å². The van der Waals surface area contributed by atoms with Crippen LogP contribution < -0.4 is 11.3 Å². The third kappa shape index (κ3) is 3.05. The van der Waals surface area contributed by atoms with Gasteiger partial charge in [-0.3, -0.25) is 9.48 Å². The van der Waals surface area contributed by atoms with Crippen LogP contribution in [0, 0.1) is 0 Å². The van der Waals surface area contributed by atoms with E-state index >= 15 is 0 Å². The Kier molecular flexibility index (Phi) is 3.71. The fraction of sp³-hybridized carbons (Fsp3) is 0.273. The maximum atomic E-state index is 12.1. The molecule has 8 nitrogen and oxygen atoms in total. The summed E-state index contributed by atoms with van der Waals surface area (Å²) in [6.45, 7) is 0.464. The van der Waals surface area contributed by atoms with Crippen molar-refractivity contribution < 1.29 is 4.79 Å². The smallest absolute Gasteiger partial charge is 0.274 e. The molecule has 19 heavy (non-hydrogen) atoms. The van der Waals surface area contributed by atoms with E-state index in [9.17, 15) is 4.79 Å². The SMILES string of the molecule is CN(Cc1cnn(C)c1)C(=O)c1cnc(NN)cn1. The molecule has 0 atom stereocenters. The number of rotatable bonds is 4. The zero-order valence-corrected chi connectivity index (χ0v) is 10.7. The molecule has 0 spiro atoms. The van der Waals surface area contributed by atoms with Gasteiger partial charge in [-0.2, -0.15) is 5.10 Å². The van der Waals surface area contributed by atoms with E-state index in [1.165, 1.54) is 12.4 Å². The highest BCUT2D eigenvalue weighted by atomic mass is 16.2. The van der Waals surface area contributed by atoms with Crippen molar-refractivity contribution in [1.29, 1.82) is 0 Å². The molecule has 2 heterocycles. The van der Waals surface area contributed by atoms with Crippen LogP contribution in [-0.2, 0) is 13.6 Å². The lowest BCUT2D eigenvalue weighted by Gasteiger charge is -2.15. The summed E-state index contributed by atoms with van der Waals surface area (Å²) in [6, 6.07) is 0. The molecule has 2 rings (SSSR count). The number of aryl methyl sites for hydroxylation is 1. The summed E-state index contributed by atoms with van der Waals surface area (Å²) in [7, 11) is 3.53. The molecule has 2 aromatic rings. The summed E-state index contributed by atoms with van der Waals surface area (Å²) < 4.78 is 1.69. The second-order valence-corrected chi connectivity index (χ2v) is 4.11. The first-order chi connectivity index (χ1) is 9.10. The standard InChI is InChI=1S/C11H15N7O/c1-17(6-8-3-15-18(2)7-8)11(19)9-4-14-10(16-12)5-13-9/h3-5,7H,6,12H2,1-2H3,(H,14,16). The largest absolute Gasteiger partial charge is 0.336 e. The van der Waals surface area contributed by atoms with E-state index in [1.807, 2.05) is 13.2 Å². The Morgan fingerprint density at radius 2 is 2.21 bits per heavy atom. The number of hydrogen-bond donors (Lipinski definition) is 2. The van der Waals surface area contributed by atoms with Crippen LogP contribution in [0.25, 0.3) is 0 Å². The second-order valence-electron chi connectivity index (χ2n) is 4.11. The van der Waals surface area contributed by atoms with Gasteiger partial charge in [-0.15, -0.1) is 0 Å². The average molecular weight is 261 g/mol. The molecule has 0 saturated heterocycles.